The average Bonchev–Trinajstić information content (AvgIpc) is 2.77. The Balaban J connectivity index is 1.41. The first-order valence-corrected chi connectivity index (χ1v) is 11.6. The normalized spacial score (nSPS) is 19.1. The third-order valence-corrected chi connectivity index (χ3v) is 6.93. The van der Waals surface area contributed by atoms with Gasteiger partial charge in [0.1, 0.15) is 0 Å². The summed E-state index contributed by atoms with van der Waals surface area (Å²) in [5.74, 6) is -0.631. The molecular weight excluding hydrogens is 426 g/mol. The minimum Gasteiger partial charge on any atom is -0.273 e. The van der Waals surface area contributed by atoms with E-state index in [1.54, 1.807) is 24.3 Å². The van der Waals surface area contributed by atoms with Crippen LogP contribution in [0.3, 0.4) is 0 Å². The molecule has 1 aliphatic carbocycles. The molecule has 2 aromatic carbocycles. The molecule has 0 unspecified atom stereocenters. The third kappa shape index (κ3) is 6.04. The Bertz CT molecular complexity index is 973. The molecule has 1 fully saturated rings. The maximum atomic E-state index is 12.4. The fraction of sp³-hybridized carbons (Fsp3) is 0.333. The van der Waals surface area contributed by atoms with Crippen LogP contribution in [0.4, 0.5) is 0 Å². The standard InChI is InChI=1S/C21H24ClN3O4S/c22-18-10-12-19(13-11-18)30(28,29)23-14-15-6-8-17(9-7-15)21(27)25-24-20(26)16-4-2-1-3-5-16/h1-5,10-13,15,17,23H,6-9,14H2,(H,24,26)(H,25,27). The molecule has 160 valence electrons. The van der Waals surface area contributed by atoms with E-state index in [0.717, 1.165) is 12.8 Å². The van der Waals surface area contributed by atoms with E-state index in [1.165, 1.54) is 24.3 Å². The number of hydrogen-bond acceptors (Lipinski definition) is 4. The molecule has 0 spiro atoms. The highest BCUT2D eigenvalue weighted by atomic mass is 35.5. The molecule has 0 bridgehead atoms. The smallest absolute Gasteiger partial charge is 0.269 e. The van der Waals surface area contributed by atoms with Crippen molar-refractivity contribution >= 4 is 33.4 Å². The maximum absolute atomic E-state index is 12.4. The summed E-state index contributed by atoms with van der Waals surface area (Å²) in [5, 5.41) is 0.477. The Morgan fingerprint density at radius 3 is 2.17 bits per heavy atom. The number of hydrazine groups is 1. The molecule has 1 saturated carbocycles. The number of carbonyl (C=O) groups excluding carboxylic acids is 2. The van der Waals surface area contributed by atoms with Crippen LogP contribution in [0.25, 0.3) is 0 Å². The van der Waals surface area contributed by atoms with Gasteiger partial charge in [-0.05, 0) is 68.0 Å². The fourth-order valence-corrected chi connectivity index (χ4v) is 4.68. The first kappa shape index (κ1) is 22.3. The predicted molar refractivity (Wildman–Crippen MR) is 114 cm³/mol. The van der Waals surface area contributed by atoms with Crippen LogP contribution in [-0.4, -0.2) is 26.8 Å². The van der Waals surface area contributed by atoms with E-state index in [9.17, 15) is 18.0 Å². The lowest BCUT2D eigenvalue weighted by Crippen LogP contribution is -2.45. The van der Waals surface area contributed by atoms with Gasteiger partial charge in [0.15, 0.2) is 0 Å². The maximum Gasteiger partial charge on any atom is 0.269 e. The Morgan fingerprint density at radius 2 is 1.53 bits per heavy atom. The number of halogens is 1. The zero-order chi connectivity index (χ0) is 21.6. The molecule has 3 N–H and O–H groups in total. The van der Waals surface area contributed by atoms with Crippen molar-refractivity contribution in [2.24, 2.45) is 11.8 Å². The van der Waals surface area contributed by atoms with Crippen molar-refractivity contribution in [1.82, 2.24) is 15.6 Å². The molecule has 0 saturated heterocycles. The molecule has 30 heavy (non-hydrogen) atoms. The van der Waals surface area contributed by atoms with Gasteiger partial charge in [0, 0.05) is 23.0 Å². The van der Waals surface area contributed by atoms with Crippen molar-refractivity contribution in [2.75, 3.05) is 6.54 Å². The number of carbonyl (C=O) groups is 2. The minimum atomic E-state index is -3.59. The second kappa shape index (κ2) is 10.1. The van der Waals surface area contributed by atoms with Crippen LogP contribution >= 0.6 is 11.6 Å². The summed E-state index contributed by atoms with van der Waals surface area (Å²) in [4.78, 5) is 24.5. The minimum absolute atomic E-state index is 0.162. The largest absolute Gasteiger partial charge is 0.273 e. The Kier molecular flexibility index (Phi) is 7.47. The van der Waals surface area contributed by atoms with Crippen LogP contribution in [-0.2, 0) is 14.8 Å². The van der Waals surface area contributed by atoms with Crippen molar-refractivity contribution in [1.29, 1.82) is 0 Å². The predicted octanol–water partition coefficient (Wildman–Crippen LogP) is 2.89. The van der Waals surface area contributed by atoms with Gasteiger partial charge in [-0.2, -0.15) is 0 Å². The molecular formula is C21H24ClN3O4S. The monoisotopic (exact) mass is 449 g/mol. The van der Waals surface area contributed by atoms with Crippen molar-refractivity contribution in [2.45, 2.75) is 30.6 Å². The van der Waals surface area contributed by atoms with E-state index in [2.05, 4.69) is 15.6 Å². The molecule has 9 heteroatoms. The van der Waals surface area contributed by atoms with Gasteiger partial charge in [0.2, 0.25) is 15.9 Å². The van der Waals surface area contributed by atoms with E-state index >= 15 is 0 Å². The van der Waals surface area contributed by atoms with Gasteiger partial charge in [-0.25, -0.2) is 13.1 Å². The molecule has 0 aromatic heterocycles. The lowest BCUT2D eigenvalue weighted by atomic mass is 9.82. The van der Waals surface area contributed by atoms with E-state index in [-0.39, 0.29) is 28.5 Å². The SMILES string of the molecule is O=C(NNC(=O)C1CCC(CNS(=O)(=O)c2ccc(Cl)cc2)CC1)c1ccccc1. The summed E-state index contributed by atoms with van der Waals surface area (Å²) in [6.45, 7) is 0.323. The molecule has 0 heterocycles. The van der Waals surface area contributed by atoms with Crippen LogP contribution in [0.2, 0.25) is 5.02 Å². The Labute approximate surface area is 181 Å². The molecule has 3 rings (SSSR count). The number of amides is 2. The summed E-state index contributed by atoms with van der Waals surface area (Å²) < 4.78 is 27.4. The topological polar surface area (TPSA) is 104 Å². The summed E-state index contributed by atoms with van der Waals surface area (Å²) in [5.41, 5.74) is 5.39. The Hall–Kier alpha value is -2.42. The number of sulfonamides is 1. The van der Waals surface area contributed by atoms with Crippen molar-refractivity contribution in [3.05, 3.63) is 65.2 Å². The van der Waals surface area contributed by atoms with Gasteiger partial charge in [-0.3, -0.25) is 20.4 Å². The van der Waals surface area contributed by atoms with Crippen LogP contribution in [0.15, 0.2) is 59.5 Å². The lowest BCUT2D eigenvalue weighted by molar-refractivity contribution is -0.127. The highest BCUT2D eigenvalue weighted by molar-refractivity contribution is 7.89. The van der Waals surface area contributed by atoms with E-state index in [4.69, 9.17) is 11.6 Å². The summed E-state index contributed by atoms with van der Waals surface area (Å²) in [6.07, 6.45) is 2.74. The van der Waals surface area contributed by atoms with Crippen LogP contribution < -0.4 is 15.6 Å². The van der Waals surface area contributed by atoms with Crippen molar-refractivity contribution in [3.8, 4) is 0 Å². The van der Waals surface area contributed by atoms with Gasteiger partial charge < -0.3 is 0 Å². The molecule has 2 amide bonds. The summed E-state index contributed by atoms with van der Waals surface area (Å²) in [7, 11) is -3.59. The van der Waals surface area contributed by atoms with Gasteiger partial charge in [0.05, 0.1) is 4.90 Å². The number of benzene rings is 2. The summed E-state index contributed by atoms with van der Waals surface area (Å²) >= 11 is 5.80. The van der Waals surface area contributed by atoms with E-state index in [1.807, 2.05) is 6.07 Å². The van der Waals surface area contributed by atoms with Gasteiger partial charge in [-0.1, -0.05) is 29.8 Å². The first-order chi connectivity index (χ1) is 14.3. The number of hydrogen-bond donors (Lipinski definition) is 3. The molecule has 2 aromatic rings. The molecule has 7 nitrogen and oxygen atoms in total. The lowest BCUT2D eigenvalue weighted by Gasteiger charge is -2.27. The van der Waals surface area contributed by atoms with Crippen molar-refractivity contribution < 1.29 is 18.0 Å². The Morgan fingerprint density at radius 1 is 0.900 bits per heavy atom. The molecule has 0 atom stereocenters. The summed E-state index contributed by atoms with van der Waals surface area (Å²) in [6, 6.07) is 14.6. The zero-order valence-electron chi connectivity index (χ0n) is 16.3. The first-order valence-electron chi connectivity index (χ1n) is 9.75. The quantitative estimate of drug-likeness (QED) is 0.590. The number of rotatable bonds is 6. The second-order valence-electron chi connectivity index (χ2n) is 7.33. The van der Waals surface area contributed by atoms with Gasteiger partial charge in [-0.15, -0.1) is 0 Å². The van der Waals surface area contributed by atoms with Crippen molar-refractivity contribution in [3.63, 3.8) is 0 Å². The highest BCUT2D eigenvalue weighted by Crippen LogP contribution is 2.28. The molecule has 0 radical (unpaired) electrons. The van der Waals surface area contributed by atoms with E-state index in [0.29, 0.717) is 30.0 Å². The average molecular weight is 450 g/mol. The van der Waals surface area contributed by atoms with Gasteiger partial charge >= 0.3 is 0 Å². The zero-order valence-corrected chi connectivity index (χ0v) is 17.9. The van der Waals surface area contributed by atoms with Crippen LogP contribution in [0.5, 0.6) is 0 Å². The second-order valence-corrected chi connectivity index (χ2v) is 9.54. The van der Waals surface area contributed by atoms with Crippen LogP contribution in [0, 0.1) is 11.8 Å². The van der Waals surface area contributed by atoms with E-state index < -0.39 is 10.0 Å². The molecule has 1 aliphatic rings. The highest BCUT2D eigenvalue weighted by Gasteiger charge is 2.27. The number of nitrogens with one attached hydrogen (secondary N) is 3. The molecule has 0 aliphatic heterocycles. The van der Waals surface area contributed by atoms with Crippen LogP contribution in [0.1, 0.15) is 36.0 Å². The fourth-order valence-electron chi connectivity index (χ4n) is 3.44. The van der Waals surface area contributed by atoms with Gasteiger partial charge in [0.25, 0.3) is 5.91 Å². The third-order valence-electron chi connectivity index (χ3n) is 5.24.